The van der Waals surface area contributed by atoms with Gasteiger partial charge in [-0.15, -0.1) is 0 Å². The van der Waals surface area contributed by atoms with Crippen molar-refractivity contribution in [1.82, 2.24) is 14.5 Å². The van der Waals surface area contributed by atoms with Crippen molar-refractivity contribution in [3.05, 3.63) is 95.9 Å². The third-order valence-electron chi connectivity index (χ3n) is 4.99. The minimum atomic E-state index is -0.550. The number of nitrogens with zero attached hydrogens (tertiary/aromatic N) is 3. The molecule has 0 spiro atoms. The maximum atomic E-state index is 13.5. The summed E-state index contributed by atoms with van der Waals surface area (Å²) in [6.07, 6.45) is 1.79. The summed E-state index contributed by atoms with van der Waals surface area (Å²) < 4.78 is 33.9. The summed E-state index contributed by atoms with van der Waals surface area (Å²) in [5, 5.41) is 6.69. The van der Waals surface area contributed by atoms with Crippen LogP contribution in [0.15, 0.2) is 77.4 Å². The molecule has 0 aliphatic carbocycles. The van der Waals surface area contributed by atoms with E-state index in [1.165, 1.54) is 30.3 Å². The predicted molar refractivity (Wildman–Crippen MR) is 115 cm³/mol. The number of halogens is 2. The number of carbonyl (C=O) groups is 1. The fourth-order valence-corrected chi connectivity index (χ4v) is 3.41. The van der Waals surface area contributed by atoms with Crippen LogP contribution in [0.4, 0.5) is 14.6 Å². The minimum Gasteiger partial charge on any atom is -0.350 e. The molecule has 0 radical (unpaired) electrons. The molecule has 1 N–H and O–H groups in total. The van der Waals surface area contributed by atoms with E-state index in [9.17, 15) is 13.6 Å². The highest BCUT2D eigenvalue weighted by molar-refractivity contribution is 6.04. The number of hydrogen-bond acceptors (Lipinski definition) is 4. The number of imidazole rings is 1. The molecule has 5 aromatic rings. The Labute approximate surface area is 181 Å². The molecular weight excluding hydrogens is 414 g/mol. The van der Waals surface area contributed by atoms with Gasteiger partial charge in [0.1, 0.15) is 34.5 Å². The number of rotatable bonds is 4. The second kappa shape index (κ2) is 7.73. The Morgan fingerprint density at radius 2 is 1.78 bits per heavy atom. The number of aryl methyl sites for hydroxylation is 1. The lowest BCUT2D eigenvalue weighted by Gasteiger charge is -2.06. The highest BCUT2D eigenvalue weighted by atomic mass is 19.1. The lowest BCUT2D eigenvalue weighted by molar-refractivity contribution is 0.0987. The molecule has 0 aliphatic rings. The van der Waals surface area contributed by atoms with Gasteiger partial charge in [-0.1, -0.05) is 17.3 Å². The Morgan fingerprint density at radius 1 is 0.969 bits per heavy atom. The van der Waals surface area contributed by atoms with E-state index < -0.39 is 11.7 Å². The zero-order valence-electron chi connectivity index (χ0n) is 16.8. The Bertz CT molecular complexity index is 1450. The van der Waals surface area contributed by atoms with Crippen LogP contribution in [0.5, 0.6) is 0 Å². The molecule has 0 atom stereocenters. The van der Waals surface area contributed by atoms with Crippen molar-refractivity contribution in [2.45, 2.75) is 6.92 Å². The second-order valence-corrected chi connectivity index (χ2v) is 7.29. The van der Waals surface area contributed by atoms with Crippen molar-refractivity contribution < 1.29 is 18.1 Å². The number of anilines is 1. The van der Waals surface area contributed by atoms with E-state index in [0.717, 1.165) is 5.56 Å². The van der Waals surface area contributed by atoms with Gasteiger partial charge in [0.15, 0.2) is 0 Å². The fraction of sp³-hybridized carbons (Fsp3) is 0.0417. The van der Waals surface area contributed by atoms with Crippen molar-refractivity contribution in [2.24, 2.45) is 0 Å². The number of nitrogens with one attached hydrogen (secondary N) is 1. The summed E-state index contributed by atoms with van der Waals surface area (Å²) in [5.41, 5.74) is 3.57. The summed E-state index contributed by atoms with van der Waals surface area (Å²) in [7, 11) is 0. The summed E-state index contributed by atoms with van der Waals surface area (Å²) >= 11 is 0. The molecule has 1 amide bonds. The maximum Gasteiger partial charge on any atom is 0.295 e. The number of hydrogen-bond donors (Lipinski definition) is 1. The Morgan fingerprint density at radius 3 is 2.56 bits per heavy atom. The molecule has 0 saturated heterocycles. The zero-order chi connectivity index (χ0) is 22.2. The largest absolute Gasteiger partial charge is 0.350 e. The van der Waals surface area contributed by atoms with Crippen molar-refractivity contribution in [2.75, 3.05) is 5.32 Å². The van der Waals surface area contributed by atoms with Gasteiger partial charge in [-0.05, 0) is 61.0 Å². The first-order valence-corrected chi connectivity index (χ1v) is 9.76. The molecule has 0 fully saturated rings. The number of fused-ring (bicyclic) bond motifs is 1. The van der Waals surface area contributed by atoms with E-state index in [4.69, 9.17) is 4.52 Å². The van der Waals surface area contributed by atoms with Gasteiger partial charge in [0.2, 0.25) is 5.76 Å². The molecular formula is C24H16F2N4O2. The van der Waals surface area contributed by atoms with Crippen molar-refractivity contribution in [3.63, 3.8) is 0 Å². The van der Waals surface area contributed by atoms with E-state index >= 15 is 0 Å². The Kier molecular flexibility index (Phi) is 4.74. The quantitative estimate of drug-likeness (QED) is 0.409. The van der Waals surface area contributed by atoms with Crippen LogP contribution in [0.2, 0.25) is 0 Å². The van der Waals surface area contributed by atoms with Gasteiger partial charge < -0.3 is 9.84 Å². The first-order chi connectivity index (χ1) is 15.5. The highest BCUT2D eigenvalue weighted by Gasteiger charge is 2.20. The van der Waals surface area contributed by atoms with Crippen LogP contribution in [0.25, 0.3) is 28.2 Å². The van der Waals surface area contributed by atoms with Crippen molar-refractivity contribution >= 4 is 17.4 Å². The van der Waals surface area contributed by atoms with Gasteiger partial charge in [-0.3, -0.25) is 9.20 Å². The van der Waals surface area contributed by atoms with E-state index in [2.05, 4.69) is 15.5 Å². The predicted octanol–water partition coefficient (Wildman–Crippen LogP) is 5.50. The molecule has 0 unspecified atom stereocenters. The molecule has 3 heterocycles. The van der Waals surface area contributed by atoms with Gasteiger partial charge in [0.25, 0.3) is 5.91 Å². The highest BCUT2D eigenvalue weighted by Crippen LogP contribution is 2.30. The van der Waals surface area contributed by atoms with Gasteiger partial charge in [0.05, 0.1) is 0 Å². The molecule has 3 aromatic heterocycles. The van der Waals surface area contributed by atoms with E-state index in [-0.39, 0.29) is 11.6 Å². The van der Waals surface area contributed by atoms with Crippen molar-refractivity contribution in [1.29, 1.82) is 0 Å². The van der Waals surface area contributed by atoms with Crippen LogP contribution in [-0.4, -0.2) is 20.4 Å². The second-order valence-electron chi connectivity index (χ2n) is 7.29. The number of carbonyl (C=O) groups excluding carboxylic acids is 1. The van der Waals surface area contributed by atoms with Crippen LogP contribution < -0.4 is 5.32 Å². The number of amides is 1. The Balaban J connectivity index is 1.53. The van der Waals surface area contributed by atoms with Crippen LogP contribution in [-0.2, 0) is 0 Å². The first kappa shape index (κ1) is 19.6. The molecule has 2 aromatic carbocycles. The standard InChI is InChI=1S/C24H16F2N4O2/c1-14-9-10-30-21(11-14)27-22(15-5-7-17(25)8-6-15)23(30)28-24(31)20-13-19(29-32-20)16-3-2-4-18(26)12-16/h2-13H,1H3,(H,28,31). The average Bonchev–Trinajstić information content (AvgIpc) is 3.40. The molecule has 32 heavy (non-hydrogen) atoms. The third kappa shape index (κ3) is 3.62. The minimum absolute atomic E-state index is 0.0450. The van der Waals surface area contributed by atoms with Crippen LogP contribution in [0.3, 0.4) is 0 Å². The number of pyridine rings is 1. The fourth-order valence-electron chi connectivity index (χ4n) is 3.41. The first-order valence-electron chi connectivity index (χ1n) is 9.76. The van der Waals surface area contributed by atoms with Gasteiger partial charge in [-0.25, -0.2) is 13.8 Å². The summed E-state index contributed by atoms with van der Waals surface area (Å²) in [6.45, 7) is 1.94. The lowest BCUT2D eigenvalue weighted by Crippen LogP contribution is -2.13. The van der Waals surface area contributed by atoms with Crippen LogP contribution in [0, 0.1) is 18.6 Å². The molecule has 6 nitrogen and oxygen atoms in total. The summed E-state index contributed by atoms with van der Waals surface area (Å²) in [4.78, 5) is 17.6. The molecule has 8 heteroatoms. The lowest BCUT2D eigenvalue weighted by atomic mass is 10.1. The van der Waals surface area contributed by atoms with Crippen LogP contribution in [0.1, 0.15) is 16.1 Å². The molecule has 0 aliphatic heterocycles. The molecule has 158 valence electrons. The Hall–Kier alpha value is -4.33. The SMILES string of the molecule is Cc1ccn2c(NC(=O)c3cc(-c4cccc(F)c4)no3)c(-c3ccc(F)cc3)nc2c1. The number of benzene rings is 2. The number of aromatic nitrogens is 3. The zero-order valence-corrected chi connectivity index (χ0v) is 16.8. The molecule has 5 rings (SSSR count). The van der Waals surface area contributed by atoms with Crippen LogP contribution >= 0.6 is 0 Å². The van der Waals surface area contributed by atoms with E-state index in [1.54, 1.807) is 34.9 Å². The summed E-state index contributed by atoms with van der Waals surface area (Å²) in [5.74, 6) is -0.977. The van der Waals surface area contributed by atoms with E-state index in [0.29, 0.717) is 34.0 Å². The molecule has 0 saturated carbocycles. The van der Waals surface area contributed by atoms with E-state index in [1.807, 2.05) is 19.1 Å². The van der Waals surface area contributed by atoms with Crippen molar-refractivity contribution in [3.8, 4) is 22.5 Å². The molecule has 0 bridgehead atoms. The topological polar surface area (TPSA) is 72.4 Å². The normalized spacial score (nSPS) is 11.1. The van der Waals surface area contributed by atoms with Gasteiger partial charge in [0, 0.05) is 23.4 Å². The monoisotopic (exact) mass is 430 g/mol. The van der Waals surface area contributed by atoms with Gasteiger partial charge >= 0.3 is 0 Å². The van der Waals surface area contributed by atoms with Gasteiger partial charge in [-0.2, -0.15) is 0 Å². The smallest absolute Gasteiger partial charge is 0.295 e. The average molecular weight is 430 g/mol. The summed E-state index contributed by atoms with van der Waals surface area (Å²) in [6, 6.07) is 16.9. The maximum absolute atomic E-state index is 13.5. The third-order valence-corrected chi connectivity index (χ3v) is 4.99.